The SMILES string of the molecule is O=C(NC1CCCC1)C(Cc1ccccc1)N(Cc1ccc(F)cc1)C(=O)CN1C(=O)c2ccccc2S1(=O)=O. The number of halogens is 1. The van der Waals surface area contributed by atoms with Crippen LogP contribution < -0.4 is 5.32 Å². The molecule has 1 atom stereocenters. The van der Waals surface area contributed by atoms with Gasteiger partial charge in [-0.1, -0.05) is 67.4 Å². The first-order chi connectivity index (χ1) is 19.2. The Hall–Kier alpha value is -4.05. The van der Waals surface area contributed by atoms with E-state index in [1.807, 2.05) is 30.3 Å². The van der Waals surface area contributed by atoms with Gasteiger partial charge in [0.25, 0.3) is 15.9 Å². The molecule has 3 aromatic rings. The van der Waals surface area contributed by atoms with Crippen LogP contribution in [-0.2, 0) is 32.6 Å². The van der Waals surface area contributed by atoms with Crippen molar-refractivity contribution >= 4 is 27.7 Å². The van der Waals surface area contributed by atoms with Crippen molar-refractivity contribution < 1.29 is 27.2 Å². The monoisotopic (exact) mass is 563 g/mol. The van der Waals surface area contributed by atoms with Crippen molar-refractivity contribution in [2.45, 2.75) is 55.6 Å². The number of rotatable bonds is 9. The average molecular weight is 564 g/mol. The summed E-state index contributed by atoms with van der Waals surface area (Å²) in [6.07, 6.45) is 3.86. The molecule has 5 rings (SSSR count). The lowest BCUT2D eigenvalue weighted by Gasteiger charge is -2.33. The Morgan fingerprint density at radius 2 is 1.57 bits per heavy atom. The summed E-state index contributed by atoms with van der Waals surface area (Å²) in [4.78, 5) is 41.9. The molecule has 1 fully saturated rings. The highest BCUT2D eigenvalue weighted by Gasteiger charge is 2.43. The molecule has 0 aromatic heterocycles. The van der Waals surface area contributed by atoms with Crippen LogP contribution in [0, 0.1) is 5.82 Å². The van der Waals surface area contributed by atoms with Crippen LogP contribution in [0.4, 0.5) is 4.39 Å². The van der Waals surface area contributed by atoms with Gasteiger partial charge >= 0.3 is 0 Å². The number of nitrogens with zero attached hydrogens (tertiary/aromatic N) is 2. The number of sulfonamides is 1. The largest absolute Gasteiger partial charge is 0.352 e. The van der Waals surface area contributed by atoms with Crippen molar-refractivity contribution in [2.75, 3.05) is 6.54 Å². The zero-order valence-corrected chi connectivity index (χ0v) is 22.6. The third-order valence-electron chi connectivity index (χ3n) is 7.43. The second-order valence-electron chi connectivity index (χ2n) is 10.2. The summed E-state index contributed by atoms with van der Waals surface area (Å²) in [7, 11) is -4.24. The topological polar surface area (TPSA) is 104 Å². The zero-order chi connectivity index (χ0) is 28.3. The maximum atomic E-state index is 13.9. The predicted molar refractivity (Wildman–Crippen MR) is 146 cm³/mol. The van der Waals surface area contributed by atoms with Gasteiger partial charge in [0.1, 0.15) is 23.3 Å². The predicted octanol–water partition coefficient (Wildman–Crippen LogP) is 3.67. The fraction of sp³-hybridized carbons (Fsp3) is 0.300. The number of amides is 3. The summed E-state index contributed by atoms with van der Waals surface area (Å²) in [5.74, 6) is -2.31. The van der Waals surface area contributed by atoms with E-state index in [-0.39, 0.29) is 35.4 Å². The van der Waals surface area contributed by atoms with Crippen molar-refractivity contribution in [2.24, 2.45) is 0 Å². The van der Waals surface area contributed by atoms with Crippen LogP contribution in [0.3, 0.4) is 0 Å². The first-order valence-electron chi connectivity index (χ1n) is 13.3. The fourth-order valence-corrected chi connectivity index (χ4v) is 6.83. The van der Waals surface area contributed by atoms with E-state index < -0.39 is 40.2 Å². The molecule has 0 radical (unpaired) electrons. The Kier molecular flexibility index (Phi) is 7.97. The molecule has 1 heterocycles. The minimum Gasteiger partial charge on any atom is -0.352 e. The molecule has 208 valence electrons. The molecular formula is C30H30FN3O5S. The highest BCUT2D eigenvalue weighted by Crippen LogP contribution is 2.30. The van der Waals surface area contributed by atoms with Crippen LogP contribution in [0.25, 0.3) is 0 Å². The molecule has 2 aliphatic rings. The highest BCUT2D eigenvalue weighted by atomic mass is 32.2. The molecule has 10 heteroatoms. The van der Waals surface area contributed by atoms with Crippen molar-refractivity contribution in [1.29, 1.82) is 0 Å². The first kappa shape index (κ1) is 27.5. The quantitative estimate of drug-likeness (QED) is 0.428. The van der Waals surface area contributed by atoms with E-state index in [1.165, 1.54) is 47.4 Å². The van der Waals surface area contributed by atoms with Gasteiger partial charge in [-0.25, -0.2) is 17.1 Å². The minimum absolute atomic E-state index is 0.000182. The van der Waals surface area contributed by atoms with Gasteiger partial charge in [0.2, 0.25) is 11.8 Å². The number of hydrogen-bond acceptors (Lipinski definition) is 5. The van der Waals surface area contributed by atoms with Gasteiger partial charge in [0, 0.05) is 19.0 Å². The number of hydrogen-bond donors (Lipinski definition) is 1. The second kappa shape index (κ2) is 11.6. The van der Waals surface area contributed by atoms with Gasteiger partial charge in [-0.3, -0.25) is 14.4 Å². The summed E-state index contributed by atoms with van der Waals surface area (Å²) < 4.78 is 40.6. The van der Waals surface area contributed by atoms with E-state index in [0.29, 0.717) is 9.87 Å². The molecule has 1 aliphatic carbocycles. The molecule has 0 saturated heterocycles. The molecule has 3 aromatic carbocycles. The standard InChI is InChI=1S/C30H30FN3O5S/c31-23-16-14-22(15-17-23)19-33(28(35)20-34-30(37)25-12-6-7-13-27(25)40(34,38)39)26(18-21-8-2-1-3-9-21)29(36)32-24-10-4-5-11-24/h1-3,6-9,12-17,24,26H,4-5,10-11,18-20H2,(H,32,36). The molecule has 3 amide bonds. The number of benzene rings is 3. The van der Waals surface area contributed by atoms with E-state index in [4.69, 9.17) is 0 Å². The van der Waals surface area contributed by atoms with Gasteiger partial charge in [-0.2, -0.15) is 0 Å². The maximum Gasteiger partial charge on any atom is 0.269 e. The minimum atomic E-state index is -4.24. The molecule has 1 aliphatic heterocycles. The molecule has 0 bridgehead atoms. The summed E-state index contributed by atoms with van der Waals surface area (Å²) in [6.45, 7) is -0.844. The van der Waals surface area contributed by atoms with E-state index >= 15 is 0 Å². The molecule has 40 heavy (non-hydrogen) atoms. The highest BCUT2D eigenvalue weighted by molar-refractivity contribution is 7.90. The Morgan fingerprint density at radius 3 is 2.25 bits per heavy atom. The second-order valence-corrected chi connectivity index (χ2v) is 12.0. The van der Waals surface area contributed by atoms with Gasteiger partial charge in [0.05, 0.1) is 5.56 Å². The summed E-state index contributed by atoms with van der Waals surface area (Å²) in [5, 5.41) is 3.07. The van der Waals surface area contributed by atoms with E-state index in [9.17, 15) is 27.2 Å². The molecular weight excluding hydrogens is 533 g/mol. The van der Waals surface area contributed by atoms with Gasteiger partial charge in [-0.05, 0) is 48.2 Å². The van der Waals surface area contributed by atoms with Gasteiger partial charge in [-0.15, -0.1) is 0 Å². The van der Waals surface area contributed by atoms with Crippen molar-refractivity contribution in [3.63, 3.8) is 0 Å². The van der Waals surface area contributed by atoms with E-state index in [1.54, 1.807) is 6.07 Å². The number of carbonyl (C=O) groups is 3. The third-order valence-corrected chi connectivity index (χ3v) is 9.22. The van der Waals surface area contributed by atoms with Crippen LogP contribution in [0.5, 0.6) is 0 Å². The lowest BCUT2D eigenvalue weighted by Crippen LogP contribution is -2.54. The van der Waals surface area contributed by atoms with Gasteiger partial charge in [0.15, 0.2) is 0 Å². The summed E-state index contributed by atoms with van der Waals surface area (Å²) in [6, 6.07) is 19.5. The Balaban J connectivity index is 1.49. The van der Waals surface area contributed by atoms with Crippen molar-refractivity contribution in [1.82, 2.24) is 14.5 Å². The van der Waals surface area contributed by atoms with Crippen molar-refractivity contribution in [3.05, 3.63) is 101 Å². The lowest BCUT2D eigenvalue weighted by molar-refractivity contribution is -0.141. The van der Waals surface area contributed by atoms with Crippen LogP contribution in [-0.4, -0.2) is 54.0 Å². The normalized spacial score (nSPS) is 16.9. The van der Waals surface area contributed by atoms with E-state index in [2.05, 4.69) is 5.32 Å². The third kappa shape index (κ3) is 5.77. The first-order valence-corrected chi connectivity index (χ1v) is 14.7. The zero-order valence-electron chi connectivity index (χ0n) is 21.8. The maximum absolute atomic E-state index is 13.9. The number of fused-ring (bicyclic) bond motifs is 1. The molecule has 1 N–H and O–H groups in total. The number of carbonyl (C=O) groups excluding carboxylic acids is 3. The summed E-state index contributed by atoms with van der Waals surface area (Å²) in [5.41, 5.74) is 1.36. The van der Waals surface area contributed by atoms with Crippen LogP contribution in [0.2, 0.25) is 0 Å². The van der Waals surface area contributed by atoms with Crippen LogP contribution in [0.1, 0.15) is 47.2 Å². The Morgan fingerprint density at radius 1 is 0.925 bits per heavy atom. The molecule has 1 saturated carbocycles. The average Bonchev–Trinajstić information content (AvgIpc) is 3.53. The molecule has 0 spiro atoms. The van der Waals surface area contributed by atoms with Crippen molar-refractivity contribution in [3.8, 4) is 0 Å². The summed E-state index contributed by atoms with van der Waals surface area (Å²) >= 11 is 0. The van der Waals surface area contributed by atoms with Crippen LogP contribution >= 0.6 is 0 Å². The lowest BCUT2D eigenvalue weighted by atomic mass is 10.0. The number of nitrogens with one attached hydrogen (secondary N) is 1. The molecule has 1 unspecified atom stereocenters. The van der Waals surface area contributed by atoms with Crippen LogP contribution in [0.15, 0.2) is 83.8 Å². The fourth-order valence-electron chi connectivity index (χ4n) is 5.31. The van der Waals surface area contributed by atoms with Gasteiger partial charge < -0.3 is 10.2 Å². The molecule has 8 nitrogen and oxygen atoms in total. The van der Waals surface area contributed by atoms with E-state index in [0.717, 1.165) is 31.2 Å². The Bertz CT molecular complexity index is 1510. The smallest absolute Gasteiger partial charge is 0.269 e. The Labute approximate surface area is 232 Å².